The first-order valence-electron chi connectivity index (χ1n) is 5.86. The number of hydrogen-bond acceptors (Lipinski definition) is 5. The number of sulfonamides is 1. The number of nitrogens with one attached hydrogen (secondary N) is 1. The standard InChI is InChI=1S/C11H15N3O2S3/c12-11(17)10-4-3-9(7-13-10)19(15,16)14-6-8-2-1-5-18-8/h3-4,7-8,14H,1-2,5-6H2,(H2,12,17). The van der Waals surface area contributed by atoms with Gasteiger partial charge in [0.05, 0.1) is 5.69 Å². The Hall–Kier alpha value is -0.700. The molecule has 0 saturated carbocycles. The average Bonchev–Trinajstić information content (AvgIpc) is 2.90. The Morgan fingerprint density at radius 2 is 2.37 bits per heavy atom. The van der Waals surface area contributed by atoms with Crippen molar-refractivity contribution in [3.8, 4) is 0 Å². The first-order valence-corrected chi connectivity index (χ1v) is 8.80. The largest absolute Gasteiger partial charge is 0.388 e. The first-order chi connectivity index (χ1) is 8.99. The van der Waals surface area contributed by atoms with E-state index in [9.17, 15) is 8.42 Å². The Morgan fingerprint density at radius 3 is 2.89 bits per heavy atom. The van der Waals surface area contributed by atoms with Crippen LogP contribution in [0.1, 0.15) is 18.5 Å². The Balaban J connectivity index is 2.03. The summed E-state index contributed by atoms with van der Waals surface area (Å²) in [6.45, 7) is 0.462. The molecule has 1 saturated heterocycles. The van der Waals surface area contributed by atoms with Gasteiger partial charge in [-0.05, 0) is 30.7 Å². The summed E-state index contributed by atoms with van der Waals surface area (Å²) < 4.78 is 26.7. The van der Waals surface area contributed by atoms with E-state index in [0.29, 0.717) is 17.5 Å². The molecule has 3 N–H and O–H groups in total. The van der Waals surface area contributed by atoms with Gasteiger partial charge in [0.1, 0.15) is 9.88 Å². The van der Waals surface area contributed by atoms with Crippen molar-refractivity contribution in [2.45, 2.75) is 23.0 Å². The van der Waals surface area contributed by atoms with Crippen LogP contribution in [-0.4, -0.2) is 35.9 Å². The molecule has 1 aliphatic heterocycles. The van der Waals surface area contributed by atoms with Gasteiger partial charge in [-0.1, -0.05) is 12.2 Å². The van der Waals surface area contributed by atoms with E-state index in [1.165, 1.54) is 18.3 Å². The number of rotatable bonds is 5. The highest BCUT2D eigenvalue weighted by molar-refractivity contribution is 8.00. The predicted molar refractivity (Wildman–Crippen MR) is 80.8 cm³/mol. The number of nitrogens with zero attached hydrogens (tertiary/aromatic N) is 1. The molecule has 2 heterocycles. The van der Waals surface area contributed by atoms with Crippen molar-refractivity contribution >= 4 is 39.0 Å². The zero-order valence-electron chi connectivity index (χ0n) is 10.2. The molecule has 0 radical (unpaired) electrons. The third-order valence-corrected chi connectivity index (χ3v) is 5.84. The van der Waals surface area contributed by atoms with E-state index in [2.05, 4.69) is 9.71 Å². The molecule has 1 aliphatic rings. The van der Waals surface area contributed by atoms with Crippen LogP contribution in [0.25, 0.3) is 0 Å². The molecule has 0 aliphatic carbocycles. The Bertz CT molecular complexity index is 551. The lowest BCUT2D eigenvalue weighted by Gasteiger charge is -2.10. The molecule has 5 nitrogen and oxygen atoms in total. The summed E-state index contributed by atoms with van der Waals surface area (Å²) in [5.74, 6) is 1.11. The fourth-order valence-corrected chi connectivity index (χ4v) is 4.23. The van der Waals surface area contributed by atoms with Crippen molar-refractivity contribution in [1.29, 1.82) is 0 Å². The molecule has 8 heteroatoms. The van der Waals surface area contributed by atoms with Crippen LogP contribution in [0.2, 0.25) is 0 Å². The molecule has 0 bridgehead atoms. The zero-order valence-corrected chi connectivity index (χ0v) is 12.7. The van der Waals surface area contributed by atoms with E-state index in [4.69, 9.17) is 18.0 Å². The third kappa shape index (κ3) is 3.88. The number of pyridine rings is 1. The lowest BCUT2D eigenvalue weighted by atomic mass is 10.2. The van der Waals surface area contributed by atoms with E-state index in [-0.39, 0.29) is 9.88 Å². The van der Waals surface area contributed by atoms with Crippen molar-refractivity contribution in [2.24, 2.45) is 5.73 Å². The van der Waals surface area contributed by atoms with Crippen LogP contribution in [0.15, 0.2) is 23.2 Å². The van der Waals surface area contributed by atoms with Crippen molar-refractivity contribution in [2.75, 3.05) is 12.3 Å². The minimum absolute atomic E-state index is 0.135. The van der Waals surface area contributed by atoms with Crippen LogP contribution in [0.3, 0.4) is 0 Å². The summed E-state index contributed by atoms with van der Waals surface area (Å²) in [4.78, 5) is 4.22. The fraction of sp³-hybridized carbons (Fsp3) is 0.455. The van der Waals surface area contributed by atoms with Crippen LogP contribution >= 0.6 is 24.0 Å². The second-order valence-electron chi connectivity index (χ2n) is 4.23. The van der Waals surface area contributed by atoms with Crippen molar-refractivity contribution in [3.05, 3.63) is 24.0 Å². The van der Waals surface area contributed by atoms with Gasteiger partial charge in [-0.3, -0.25) is 4.98 Å². The maximum Gasteiger partial charge on any atom is 0.242 e. The summed E-state index contributed by atoms with van der Waals surface area (Å²) in [5, 5.41) is 0.374. The Kier molecular flexibility index (Phi) is 4.77. The van der Waals surface area contributed by atoms with Gasteiger partial charge in [-0.2, -0.15) is 11.8 Å². The molecule has 2 rings (SSSR count). The van der Waals surface area contributed by atoms with E-state index in [0.717, 1.165) is 18.6 Å². The van der Waals surface area contributed by atoms with Crippen molar-refractivity contribution < 1.29 is 8.42 Å². The summed E-state index contributed by atoms with van der Waals surface area (Å²) in [6, 6.07) is 2.98. The zero-order chi connectivity index (χ0) is 13.9. The topological polar surface area (TPSA) is 85.1 Å². The molecule has 1 aromatic rings. The van der Waals surface area contributed by atoms with Gasteiger partial charge in [-0.15, -0.1) is 0 Å². The van der Waals surface area contributed by atoms with Gasteiger partial charge >= 0.3 is 0 Å². The van der Waals surface area contributed by atoms with Gasteiger partial charge < -0.3 is 5.73 Å². The lowest BCUT2D eigenvalue weighted by Crippen LogP contribution is -2.30. The van der Waals surface area contributed by atoms with E-state index < -0.39 is 10.0 Å². The molecule has 0 amide bonds. The molecule has 1 unspecified atom stereocenters. The number of thiocarbonyl (C=S) groups is 1. The molecular formula is C11H15N3O2S3. The quantitative estimate of drug-likeness (QED) is 0.785. The molecular weight excluding hydrogens is 302 g/mol. The molecule has 1 fully saturated rings. The monoisotopic (exact) mass is 317 g/mol. The molecule has 104 valence electrons. The van der Waals surface area contributed by atoms with Gasteiger partial charge in [0.2, 0.25) is 10.0 Å². The average molecular weight is 317 g/mol. The van der Waals surface area contributed by atoms with Gasteiger partial charge in [-0.25, -0.2) is 13.1 Å². The van der Waals surface area contributed by atoms with Crippen LogP contribution in [0.4, 0.5) is 0 Å². The first kappa shape index (κ1) is 14.7. The SMILES string of the molecule is NC(=S)c1ccc(S(=O)(=O)NCC2CCCS2)cn1. The van der Waals surface area contributed by atoms with E-state index in [1.54, 1.807) is 0 Å². The summed E-state index contributed by atoms with van der Waals surface area (Å²) in [6.07, 6.45) is 3.49. The number of thioether (sulfide) groups is 1. The predicted octanol–water partition coefficient (Wildman–Crippen LogP) is 0.890. The molecule has 0 spiro atoms. The highest BCUT2D eigenvalue weighted by atomic mass is 32.2. The normalized spacial score (nSPS) is 19.5. The van der Waals surface area contributed by atoms with E-state index in [1.807, 2.05) is 11.8 Å². The summed E-state index contributed by atoms with van der Waals surface area (Å²) >= 11 is 6.58. The molecule has 0 aromatic carbocycles. The Labute approximate surface area is 122 Å². The minimum Gasteiger partial charge on any atom is -0.388 e. The minimum atomic E-state index is -3.50. The summed E-state index contributed by atoms with van der Waals surface area (Å²) in [7, 11) is -3.50. The summed E-state index contributed by atoms with van der Waals surface area (Å²) in [5.41, 5.74) is 5.83. The number of hydrogen-bond donors (Lipinski definition) is 2. The maximum atomic E-state index is 12.0. The van der Waals surface area contributed by atoms with Crippen molar-refractivity contribution in [3.63, 3.8) is 0 Å². The molecule has 1 atom stereocenters. The third-order valence-electron chi connectivity index (χ3n) is 2.82. The highest BCUT2D eigenvalue weighted by Crippen LogP contribution is 2.25. The Morgan fingerprint density at radius 1 is 1.58 bits per heavy atom. The van der Waals surface area contributed by atoms with Crippen molar-refractivity contribution in [1.82, 2.24) is 9.71 Å². The van der Waals surface area contributed by atoms with Gasteiger partial charge in [0, 0.05) is 18.0 Å². The highest BCUT2D eigenvalue weighted by Gasteiger charge is 2.20. The van der Waals surface area contributed by atoms with Crippen LogP contribution < -0.4 is 10.5 Å². The fourth-order valence-electron chi connectivity index (χ4n) is 1.78. The van der Waals surface area contributed by atoms with E-state index >= 15 is 0 Å². The van der Waals surface area contributed by atoms with Crippen LogP contribution in [0, 0.1) is 0 Å². The smallest absolute Gasteiger partial charge is 0.242 e. The van der Waals surface area contributed by atoms with Crippen LogP contribution in [0.5, 0.6) is 0 Å². The van der Waals surface area contributed by atoms with Crippen LogP contribution in [-0.2, 0) is 10.0 Å². The molecule has 1 aromatic heterocycles. The second kappa shape index (κ2) is 6.17. The maximum absolute atomic E-state index is 12.0. The van der Waals surface area contributed by atoms with Gasteiger partial charge in [0.25, 0.3) is 0 Å². The second-order valence-corrected chi connectivity index (χ2v) is 7.85. The number of nitrogens with two attached hydrogens (primary N) is 1. The number of aromatic nitrogens is 1. The molecule has 19 heavy (non-hydrogen) atoms. The lowest BCUT2D eigenvalue weighted by molar-refractivity contribution is 0.578. The van der Waals surface area contributed by atoms with Gasteiger partial charge in [0.15, 0.2) is 0 Å².